The van der Waals surface area contributed by atoms with Crippen molar-refractivity contribution >= 4 is 22.0 Å². The summed E-state index contributed by atoms with van der Waals surface area (Å²) in [5.41, 5.74) is 0.407. The van der Waals surface area contributed by atoms with Gasteiger partial charge in [-0.15, -0.1) is 0 Å². The molecule has 0 saturated heterocycles. The van der Waals surface area contributed by atoms with E-state index in [0.717, 1.165) is 4.47 Å². The van der Waals surface area contributed by atoms with Crippen LogP contribution in [0.15, 0.2) is 22.7 Å². The normalized spacial score (nSPS) is 9.64. The fraction of sp³-hybridized carbons (Fsp3) is 0.222. The molecule has 1 rings (SSSR count). The van der Waals surface area contributed by atoms with E-state index in [2.05, 4.69) is 26.0 Å². The van der Waals surface area contributed by atoms with Crippen molar-refractivity contribution in [1.82, 2.24) is 5.32 Å². The summed E-state index contributed by atoms with van der Waals surface area (Å²) in [6, 6.07) is 4.53. The summed E-state index contributed by atoms with van der Waals surface area (Å²) in [5, 5.41) is 2.39. The van der Waals surface area contributed by atoms with Gasteiger partial charge < -0.3 is 10.1 Å². The fourth-order valence-electron chi connectivity index (χ4n) is 0.918. The van der Waals surface area contributed by atoms with Crippen molar-refractivity contribution in [2.75, 3.05) is 7.11 Å². The Hall–Kier alpha value is -1.10. The first kappa shape index (κ1) is 11.0. The van der Waals surface area contributed by atoms with Gasteiger partial charge in [-0.2, -0.15) is 0 Å². The van der Waals surface area contributed by atoms with Crippen molar-refractivity contribution in [2.24, 2.45) is 0 Å². The third-order valence-electron chi connectivity index (χ3n) is 1.62. The van der Waals surface area contributed by atoms with Crippen LogP contribution in [0.2, 0.25) is 0 Å². The minimum Gasteiger partial charge on any atom is -0.453 e. The lowest BCUT2D eigenvalue weighted by Gasteiger charge is -2.05. The Bertz CT molecular complexity index is 344. The van der Waals surface area contributed by atoms with Gasteiger partial charge >= 0.3 is 6.09 Å². The number of benzene rings is 1. The number of nitrogens with one attached hydrogen (secondary N) is 1. The smallest absolute Gasteiger partial charge is 0.407 e. The number of alkyl carbamates (subject to hydrolysis) is 1. The molecule has 0 saturated carbocycles. The van der Waals surface area contributed by atoms with E-state index in [1.165, 1.54) is 13.2 Å². The van der Waals surface area contributed by atoms with Gasteiger partial charge in [-0.3, -0.25) is 0 Å². The summed E-state index contributed by atoms with van der Waals surface area (Å²) in [5.74, 6) is -0.357. The minimum atomic E-state index is -0.579. The van der Waals surface area contributed by atoms with Crippen LogP contribution in [0.1, 0.15) is 5.56 Å². The van der Waals surface area contributed by atoms with Crippen molar-refractivity contribution in [1.29, 1.82) is 0 Å². The molecule has 0 aliphatic carbocycles. The second-order valence-corrected chi connectivity index (χ2v) is 3.50. The number of halogens is 2. The summed E-state index contributed by atoms with van der Waals surface area (Å²) in [6.07, 6.45) is -0.579. The SMILES string of the molecule is COC(=O)NCc1cc(Br)ccc1F. The molecule has 0 aliphatic heterocycles. The maximum atomic E-state index is 13.1. The maximum Gasteiger partial charge on any atom is 0.407 e. The fourth-order valence-corrected chi connectivity index (χ4v) is 1.33. The summed E-state index contributed by atoms with van der Waals surface area (Å²) in [7, 11) is 1.26. The summed E-state index contributed by atoms with van der Waals surface area (Å²) >= 11 is 3.21. The molecule has 0 fully saturated rings. The van der Waals surface area contributed by atoms with Crippen LogP contribution in [-0.4, -0.2) is 13.2 Å². The predicted octanol–water partition coefficient (Wildman–Crippen LogP) is 2.44. The number of rotatable bonds is 2. The van der Waals surface area contributed by atoms with Gasteiger partial charge in [0.2, 0.25) is 0 Å². The quantitative estimate of drug-likeness (QED) is 0.888. The summed E-state index contributed by atoms with van der Waals surface area (Å²) < 4.78 is 18.2. The molecule has 0 atom stereocenters. The van der Waals surface area contributed by atoms with Gasteiger partial charge in [0.25, 0.3) is 0 Å². The van der Waals surface area contributed by atoms with Gasteiger partial charge in [0, 0.05) is 16.6 Å². The lowest BCUT2D eigenvalue weighted by Crippen LogP contribution is -2.22. The third-order valence-corrected chi connectivity index (χ3v) is 2.11. The van der Waals surface area contributed by atoms with Gasteiger partial charge in [-0.1, -0.05) is 15.9 Å². The molecule has 0 heterocycles. The Morgan fingerprint density at radius 2 is 2.36 bits per heavy atom. The number of carbonyl (C=O) groups is 1. The van der Waals surface area contributed by atoms with Crippen molar-refractivity contribution in [3.05, 3.63) is 34.1 Å². The van der Waals surface area contributed by atoms with Crippen molar-refractivity contribution in [2.45, 2.75) is 6.54 Å². The summed E-state index contributed by atoms with van der Waals surface area (Å²) in [6.45, 7) is 0.109. The molecular formula is C9H9BrFNO2. The molecule has 0 spiro atoms. The highest BCUT2D eigenvalue weighted by atomic mass is 79.9. The van der Waals surface area contributed by atoms with Crippen LogP contribution in [-0.2, 0) is 11.3 Å². The van der Waals surface area contributed by atoms with E-state index in [1.807, 2.05) is 0 Å². The average Bonchev–Trinajstić information content (AvgIpc) is 2.19. The molecule has 0 unspecified atom stereocenters. The molecule has 0 radical (unpaired) electrons. The Kier molecular flexibility index (Phi) is 3.88. The molecule has 1 amide bonds. The van der Waals surface area contributed by atoms with Crippen molar-refractivity contribution < 1.29 is 13.9 Å². The van der Waals surface area contributed by atoms with Crippen LogP contribution in [0, 0.1) is 5.82 Å². The zero-order chi connectivity index (χ0) is 10.6. The molecule has 5 heteroatoms. The standard InChI is InChI=1S/C9H9BrFNO2/c1-14-9(13)12-5-6-4-7(10)2-3-8(6)11/h2-4H,5H2,1H3,(H,12,13). The highest BCUT2D eigenvalue weighted by molar-refractivity contribution is 9.10. The lowest BCUT2D eigenvalue weighted by atomic mass is 10.2. The highest BCUT2D eigenvalue weighted by Crippen LogP contribution is 2.15. The van der Waals surface area contributed by atoms with Crippen LogP contribution >= 0.6 is 15.9 Å². The van der Waals surface area contributed by atoms with Gasteiger partial charge in [-0.25, -0.2) is 9.18 Å². The molecule has 0 aliphatic rings. The number of methoxy groups -OCH3 is 1. The first-order valence-electron chi connectivity index (χ1n) is 3.89. The number of ether oxygens (including phenoxy) is 1. The van der Waals surface area contributed by atoms with Crippen LogP contribution in [0.25, 0.3) is 0 Å². The van der Waals surface area contributed by atoms with E-state index in [-0.39, 0.29) is 12.4 Å². The second kappa shape index (κ2) is 4.95. The molecule has 1 aromatic rings. The summed E-state index contributed by atoms with van der Waals surface area (Å²) in [4.78, 5) is 10.7. The van der Waals surface area contributed by atoms with Crippen molar-refractivity contribution in [3.8, 4) is 0 Å². The van der Waals surface area contributed by atoms with Gasteiger partial charge in [0.15, 0.2) is 0 Å². The van der Waals surface area contributed by atoms with Gasteiger partial charge in [0.05, 0.1) is 7.11 Å². The Balaban J connectivity index is 2.66. The first-order valence-corrected chi connectivity index (χ1v) is 4.68. The number of carbonyl (C=O) groups excluding carboxylic acids is 1. The molecule has 1 aromatic carbocycles. The molecule has 76 valence electrons. The largest absolute Gasteiger partial charge is 0.453 e. The minimum absolute atomic E-state index is 0.109. The number of hydrogen-bond donors (Lipinski definition) is 1. The molecule has 0 bridgehead atoms. The zero-order valence-corrected chi connectivity index (χ0v) is 9.10. The first-order chi connectivity index (χ1) is 6.63. The van der Waals surface area contributed by atoms with Crippen LogP contribution in [0.4, 0.5) is 9.18 Å². The van der Waals surface area contributed by atoms with Gasteiger partial charge in [0.1, 0.15) is 5.82 Å². The second-order valence-electron chi connectivity index (χ2n) is 2.58. The zero-order valence-electron chi connectivity index (χ0n) is 7.51. The van der Waals surface area contributed by atoms with E-state index in [4.69, 9.17) is 0 Å². The van der Waals surface area contributed by atoms with E-state index >= 15 is 0 Å². The van der Waals surface area contributed by atoms with Crippen LogP contribution < -0.4 is 5.32 Å². The third kappa shape index (κ3) is 2.99. The van der Waals surface area contributed by atoms with Crippen LogP contribution in [0.3, 0.4) is 0 Å². The topological polar surface area (TPSA) is 38.3 Å². The van der Waals surface area contributed by atoms with Crippen molar-refractivity contribution in [3.63, 3.8) is 0 Å². The molecule has 0 aromatic heterocycles. The maximum absolute atomic E-state index is 13.1. The lowest BCUT2D eigenvalue weighted by molar-refractivity contribution is 0.170. The molecule has 14 heavy (non-hydrogen) atoms. The average molecular weight is 262 g/mol. The Morgan fingerprint density at radius 1 is 1.64 bits per heavy atom. The van der Waals surface area contributed by atoms with Gasteiger partial charge in [-0.05, 0) is 18.2 Å². The Morgan fingerprint density at radius 3 is 3.00 bits per heavy atom. The molecule has 3 nitrogen and oxygen atoms in total. The highest BCUT2D eigenvalue weighted by Gasteiger charge is 2.04. The number of hydrogen-bond acceptors (Lipinski definition) is 2. The molecule has 1 N–H and O–H groups in total. The molecular weight excluding hydrogens is 253 g/mol. The van der Waals surface area contributed by atoms with Crippen LogP contribution in [0.5, 0.6) is 0 Å². The van der Waals surface area contributed by atoms with E-state index < -0.39 is 6.09 Å². The monoisotopic (exact) mass is 261 g/mol. The van der Waals surface area contributed by atoms with E-state index in [9.17, 15) is 9.18 Å². The predicted molar refractivity (Wildman–Crippen MR) is 53.3 cm³/mol. The Labute approximate surface area is 89.4 Å². The van der Waals surface area contributed by atoms with E-state index in [1.54, 1.807) is 12.1 Å². The van der Waals surface area contributed by atoms with E-state index in [0.29, 0.717) is 5.56 Å². The number of amides is 1.